The summed E-state index contributed by atoms with van der Waals surface area (Å²) in [6.07, 6.45) is 5.07. The molecule has 0 aromatic carbocycles. The number of hydrogen-bond donors (Lipinski definition) is 2. The van der Waals surface area contributed by atoms with E-state index in [1.807, 2.05) is 0 Å². The maximum Gasteiger partial charge on any atom is 0.336 e. The quantitative estimate of drug-likeness (QED) is 0.620. The SMILES string of the molecule is O=C(O)C1(O)CCCCC12CC2. The van der Waals surface area contributed by atoms with Crippen LogP contribution in [0.1, 0.15) is 38.5 Å². The topological polar surface area (TPSA) is 57.5 Å². The lowest BCUT2D eigenvalue weighted by molar-refractivity contribution is -0.172. The average molecular weight is 170 g/mol. The van der Waals surface area contributed by atoms with Gasteiger partial charge in [0, 0.05) is 5.41 Å². The van der Waals surface area contributed by atoms with E-state index in [2.05, 4.69) is 0 Å². The molecule has 0 bridgehead atoms. The highest BCUT2D eigenvalue weighted by atomic mass is 16.4. The predicted molar refractivity (Wildman–Crippen MR) is 42.7 cm³/mol. The first-order chi connectivity index (χ1) is 5.61. The lowest BCUT2D eigenvalue weighted by atomic mass is 9.72. The van der Waals surface area contributed by atoms with Crippen molar-refractivity contribution in [3.63, 3.8) is 0 Å². The lowest BCUT2D eigenvalue weighted by Gasteiger charge is -2.36. The van der Waals surface area contributed by atoms with Gasteiger partial charge < -0.3 is 10.2 Å². The van der Waals surface area contributed by atoms with Crippen molar-refractivity contribution in [2.24, 2.45) is 5.41 Å². The molecule has 2 aliphatic rings. The summed E-state index contributed by atoms with van der Waals surface area (Å²) in [5.41, 5.74) is -1.64. The Labute approximate surface area is 71.4 Å². The van der Waals surface area contributed by atoms with Crippen molar-refractivity contribution in [2.75, 3.05) is 0 Å². The molecule has 0 aromatic heterocycles. The van der Waals surface area contributed by atoms with Gasteiger partial charge in [0.15, 0.2) is 5.60 Å². The fourth-order valence-electron chi connectivity index (χ4n) is 2.46. The van der Waals surface area contributed by atoms with Crippen molar-refractivity contribution < 1.29 is 15.0 Å². The molecular formula is C9H14O3. The van der Waals surface area contributed by atoms with Crippen LogP contribution in [-0.2, 0) is 4.79 Å². The standard InChI is InChI=1S/C9H14O3/c10-7(11)9(12)4-2-1-3-8(9)5-6-8/h12H,1-6H2,(H,10,11). The van der Waals surface area contributed by atoms with Crippen LogP contribution in [0.4, 0.5) is 0 Å². The second-order valence-corrected chi connectivity index (χ2v) is 4.15. The first-order valence-corrected chi connectivity index (χ1v) is 4.57. The van der Waals surface area contributed by atoms with Crippen LogP contribution in [-0.4, -0.2) is 21.8 Å². The zero-order chi connectivity index (χ0) is 8.82. The summed E-state index contributed by atoms with van der Waals surface area (Å²) >= 11 is 0. The van der Waals surface area contributed by atoms with Crippen LogP contribution in [0.25, 0.3) is 0 Å². The van der Waals surface area contributed by atoms with Gasteiger partial charge in [0.2, 0.25) is 0 Å². The van der Waals surface area contributed by atoms with Gasteiger partial charge in [-0.3, -0.25) is 0 Å². The fraction of sp³-hybridized carbons (Fsp3) is 0.889. The Hall–Kier alpha value is -0.570. The van der Waals surface area contributed by atoms with Gasteiger partial charge in [0.05, 0.1) is 0 Å². The van der Waals surface area contributed by atoms with E-state index in [0.717, 1.165) is 32.1 Å². The molecule has 2 fully saturated rings. The molecular weight excluding hydrogens is 156 g/mol. The minimum absolute atomic E-state index is 0.239. The second-order valence-electron chi connectivity index (χ2n) is 4.15. The van der Waals surface area contributed by atoms with Gasteiger partial charge in [-0.25, -0.2) is 4.79 Å². The second kappa shape index (κ2) is 2.22. The van der Waals surface area contributed by atoms with Crippen molar-refractivity contribution in [2.45, 2.75) is 44.1 Å². The molecule has 2 rings (SSSR count). The Kier molecular flexibility index (Phi) is 1.49. The third-order valence-electron chi connectivity index (χ3n) is 3.53. The molecule has 3 heteroatoms. The van der Waals surface area contributed by atoms with E-state index in [0.29, 0.717) is 6.42 Å². The summed E-state index contributed by atoms with van der Waals surface area (Å²) in [4.78, 5) is 10.9. The maximum atomic E-state index is 10.9. The summed E-state index contributed by atoms with van der Waals surface area (Å²) in [5, 5.41) is 18.9. The fourth-order valence-corrected chi connectivity index (χ4v) is 2.46. The summed E-state index contributed by atoms with van der Waals surface area (Å²) in [6, 6.07) is 0. The summed E-state index contributed by atoms with van der Waals surface area (Å²) < 4.78 is 0. The average Bonchev–Trinajstić information content (AvgIpc) is 2.77. The van der Waals surface area contributed by atoms with Crippen LogP contribution in [0.2, 0.25) is 0 Å². The van der Waals surface area contributed by atoms with Crippen molar-refractivity contribution in [3.05, 3.63) is 0 Å². The van der Waals surface area contributed by atoms with Gasteiger partial charge in [0.1, 0.15) is 0 Å². The number of aliphatic hydroxyl groups is 1. The first kappa shape index (κ1) is 8.05. The monoisotopic (exact) mass is 170 g/mol. The summed E-state index contributed by atoms with van der Waals surface area (Å²) in [5.74, 6) is -1.01. The van der Waals surface area contributed by atoms with Crippen LogP contribution in [0.5, 0.6) is 0 Å². The number of rotatable bonds is 1. The van der Waals surface area contributed by atoms with Crippen LogP contribution in [0.3, 0.4) is 0 Å². The Morgan fingerprint density at radius 2 is 1.67 bits per heavy atom. The van der Waals surface area contributed by atoms with Gasteiger partial charge in [-0.15, -0.1) is 0 Å². The highest BCUT2D eigenvalue weighted by Gasteiger charge is 2.63. The van der Waals surface area contributed by atoms with Crippen LogP contribution < -0.4 is 0 Å². The summed E-state index contributed by atoms with van der Waals surface area (Å²) in [6.45, 7) is 0. The van der Waals surface area contributed by atoms with Crippen molar-refractivity contribution in [1.82, 2.24) is 0 Å². The molecule has 0 aromatic rings. The van der Waals surface area contributed by atoms with Crippen LogP contribution in [0.15, 0.2) is 0 Å². The Morgan fingerprint density at radius 1 is 1.08 bits per heavy atom. The predicted octanol–water partition coefficient (Wildman–Crippen LogP) is 1.16. The van der Waals surface area contributed by atoms with E-state index in [1.165, 1.54) is 0 Å². The van der Waals surface area contributed by atoms with Crippen LogP contribution in [0, 0.1) is 5.41 Å². The maximum absolute atomic E-state index is 10.9. The molecule has 1 atom stereocenters. The number of carboxylic acids is 1. The normalized spacial score (nSPS) is 38.1. The van der Waals surface area contributed by atoms with E-state index in [-0.39, 0.29) is 5.41 Å². The molecule has 0 heterocycles. The molecule has 0 amide bonds. The first-order valence-electron chi connectivity index (χ1n) is 4.57. The van der Waals surface area contributed by atoms with Gasteiger partial charge >= 0.3 is 5.97 Å². The molecule has 2 N–H and O–H groups in total. The number of aliphatic carboxylic acids is 1. The highest BCUT2D eigenvalue weighted by molar-refractivity contribution is 5.79. The zero-order valence-corrected chi connectivity index (χ0v) is 7.05. The van der Waals surface area contributed by atoms with E-state index in [1.54, 1.807) is 0 Å². The largest absolute Gasteiger partial charge is 0.479 e. The number of carboxylic acid groups (broad SMARTS) is 1. The van der Waals surface area contributed by atoms with E-state index in [4.69, 9.17) is 5.11 Å². The molecule has 1 unspecified atom stereocenters. The summed E-state index contributed by atoms with van der Waals surface area (Å²) in [7, 11) is 0. The molecule has 0 aliphatic heterocycles. The molecule has 0 radical (unpaired) electrons. The Bertz CT molecular complexity index is 220. The lowest BCUT2D eigenvalue weighted by Crippen LogP contribution is -2.49. The minimum atomic E-state index is -1.40. The molecule has 2 saturated carbocycles. The van der Waals surface area contributed by atoms with Gasteiger partial charge in [-0.2, -0.15) is 0 Å². The number of carbonyl (C=O) groups is 1. The van der Waals surface area contributed by atoms with Gasteiger partial charge in [0.25, 0.3) is 0 Å². The van der Waals surface area contributed by atoms with E-state index >= 15 is 0 Å². The number of hydrogen-bond acceptors (Lipinski definition) is 2. The van der Waals surface area contributed by atoms with Crippen LogP contribution >= 0.6 is 0 Å². The zero-order valence-electron chi connectivity index (χ0n) is 7.05. The molecule has 0 saturated heterocycles. The van der Waals surface area contributed by atoms with E-state index < -0.39 is 11.6 Å². The van der Waals surface area contributed by atoms with Gasteiger partial charge in [-0.05, 0) is 32.1 Å². The van der Waals surface area contributed by atoms with Crippen molar-refractivity contribution >= 4 is 5.97 Å². The molecule has 68 valence electrons. The Balaban J connectivity index is 2.26. The molecule has 2 aliphatic carbocycles. The smallest absolute Gasteiger partial charge is 0.336 e. The highest BCUT2D eigenvalue weighted by Crippen LogP contribution is 2.61. The third kappa shape index (κ3) is 0.829. The van der Waals surface area contributed by atoms with Gasteiger partial charge in [-0.1, -0.05) is 6.42 Å². The third-order valence-corrected chi connectivity index (χ3v) is 3.53. The molecule has 3 nitrogen and oxygen atoms in total. The minimum Gasteiger partial charge on any atom is -0.479 e. The van der Waals surface area contributed by atoms with E-state index in [9.17, 15) is 9.90 Å². The van der Waals surface area contributed by atoms with Crippen molar-refractivity contribution in [1.29, 1.82) is 0 Å². The molecule has 12 heavy (non-hydrogen) atoms. The molecule has 1 spiro atoms. The Morgan fingerprint density at radius 3 is 2.08 bits per heavy atom. The van der Waals surface area contributed by atoms with Crippen molar-refractivity contribution in [3.8, 4) is 0 Å².